The van der Waals surface area contributed by atoms with Crippen molar-refractivity contribution in [3.8, 4) is 28.5 Å². The van der Waals surface area contributed by atoms with Crippen LogP contribution in [0.3, 0.4) is 0 Å². The van der Waals surface area contributed by atoms with Gasteiger partial charge < -0.3 is 4.74 Å². The summed E-state index contributed by atoms with van der Waals surface area (Å²) in [5.74, 6) is 1.35. The lowest BCUT2D eigenvalue weighted by molar-refractivity contribution is 0.414. The minimum absolute atomic E-state index is 0.225. The van der Waals surface area contributed by atoms with Gasteiger partial charge >= 0.3 is 0 Å². The molecule has 5 heterocycles. The van der Waals surface area contributed by atoms with E-state index >= 15 is 0 Å². The van der Waals surface area contributed by atoms with Crippen molar-refractivity contribution >= 4 is 16.6 Å². The maximum atomic E-state index is 13.6. The molecule has 9 nitrogen and oxygen atoms in total. The molecule has 0 aliphatic heterocycles. The number of aromatic nitrogens is 7. The molecule has 0 aliphatic rings. The maximum Gasteiger partial charge on any atom is 0.283 e. The number of fused-ring (bicyclic) bond motifs is 2. The summed E-state index contributed by atoms with van der Waals surface area (Å²) in [6.45, 7) is 1.92. The van der Waals surface area contributed by atoms with Crippen LogP contribution in [0, 0.1) is 6.92 Å². The first-order chi connectivity index (χ1) is 16.6. The summed E-state index contributed by atoms with van der Waals surface area (Å²) in [6, 6.07) is 18.8. The summed E-state index contributed by atoms with van der Waals surface area (Å²) >= 11 is 0. The van der Waals surface area contributed by atoms with Gasteiger partial charge in [-0.25, -0.2) is 19.2 Å². The Morgan fingerprint density at radius 1 is 0.971 bits per heavy atom. The summed E-state index contributed by atoms with van der Waals surface area (Å²) in [5, 5.41) is 9.71. The second-order valence-electron chi connectivity index (χ2n) is 7.83. The number of rotatable bonds is 4. The number of methoxy groups -OCH3 is 1. The van der Waals surface area contributed by atoms with E-state index in [2.05, 4.69) is 15.1 Å². The minimum Gasteiger partial charge on any atom is -0.497 e. The molecule has 0 unspecified atom stereocenters. The lowest BCUT2D eigenvalue weighted by atomic mass is 10.1. The van der Waals surface area contributed by atoms with E-state index in [-0.39, 0.29) is 5.56 Å². The van der Waals surface area contributed by atoms with Crippen molar-refractivity contribution in [2.24, 2.45) is 0 Å². The molecule has 9 heteroatoms. The van der Waals surface area contributed by atoms with Gasteiger partial charge in [-0.1, -0.05) is 6.07 Å². The molecule has 0 bridgehead atoms. The maximum absolute atomic E-state index is 13.6. The van der Waals surface area contributed by atoms with E-state index < -0.39 is 0 Å². The summed E-state index contributed by atoms with van der Waals surface area (Å²) in [5.41, 5.74) is 4.02. The molecular formula is C25H19N7O2. The highest BCUT2D eigenvalue weighted by Crippen LogP contribution is 2.30. The molecule has 0 atom stereocenters. The van der Waals surface area contributed by atoms with E-state index in [4.69, 9.17) is 9.84 Å². The molecule has 0 spiro atoms. The number of nitrogens with zero attached hydrogens (tertiary/aromatic N) is 7. The van der Waals surface area contributed by atoms with Crippen LogP contribution in [-0.2, 0) is 0 Å². The Morgan fingerprint density at radius 2 is 1.82 bits per heavy atom. The molecule has 0 radical (unpaired) electrons. The molecule has 1 aromatic carbocycles. The lowest BCUT2D eigenvalue weighted by Gasteiger charge is -2.09. The van der Waals surface area contributed by atoms with Crippen molar-refractivity contribution in [2.75, 3.05) is 7.11 Å². The number of benzene rings is 1. The van der Waals surface area contributed by atoms with Crippen molar-refractivity contribution in [1.82, 2.24) is 33.9 Å². The first-order valence-electron chi connectivity index (χ1n) is 10.6. The summed E-state index contributed by atoms with van der Waals surface area (Å²) in [6.07, 6.45) is 5.14. The fourth-order valence-corrected chi connectivity index (χ4v) is 4.07. The van der Waals surface area contributed by atoms with Gasteiger partial charge in [0, 0.05) is 34.7 Å². The largest absolute Gasteiger partial charge is 0.497 e. The van der Waals surface area contributed by atoms with Crippen molar-refractivity contribution in [3.63, 3.8) is 0 Å². The number of aryl methyl sites for hydroxylation is 1. The Hall–Kier alpha value is -4.79. The summed E-state index contributed by atoms with van der Waals surface area (Å²) in [4.78, 5) is 22.4. The molecule has 0 amide bonds. The smallest absolute Gasteiger partial charge is 0.283 e. The highest BCUT2D eigenvalue weighted by atomic mass is 16.5. The van der Waals surface area contributed by atoms with Crippen LogP contribution in [-0.4, -0.2) is 41.0 Å². The minimum atomic E-state index is -0.225. The molecule has 0 N–H and O–H groups in total. The van der Waals surface area contributed by atoms with Crippen LogP contribution >= 0.6 is 0 Å². The zero-order valence-corrected chi connectivity index (χ0v) is 18.5. The fraction of sp³-hybridized carbons (Fsp3) is 0.0800. The predicted molar refractivity (Wildman–Crippen MR) is 128 cm³/mol. The standard InChI is InChI=1S/C25H19N7O2/c1-16-4-3-5-22(28-16)32-24(17-6-11-21-26-15-27-31(21)14-17)20-12-13-30(25(33)23(20)29-32)18-7-9-19(34-2)10-8-18/h3-15H,1-2H3. The van der Waals surface area contributed by atoms with E-state index in [1.54, 1.807) is 27.1 Å². The SMILES string of the molecule is COc1ccc(-n2ccc3c(-c4ccc5ncnn5c4)n(-c4cccc(C)n4)nc3c2=O)cc1. The molecule has 6 aromatic rings. The van der Waals surface area contributed by atoms with Gasteiger partial charge in [0.25, 0.3) is 5.56 Å². The van der Waals surface area contributed by atoms with Crippen molar-refractivity contribution < 1.29 is 4.74 Å². The van der Waals surface area contributed by atoms with Gasteiger partial charge in [-0.3, -0.25) is 9.36 Å². The Morgan fingerprint density at radius 3 is 2.62 bits per heavy atom. The topological polar surface area (TPSA) is 92.1 Å². The van der Waals surface area contributed by atoms with Gasteiger partial charge in [-0.05, 0) is 61.5 Å². The first kappa shape index (κ1) is 19.9. The monoisotopic (exact) mass is 449 g/mol. The second kappa shape index (κ2) is 7.66. The van der Waals surface area contributed by atoms with Crippen molar-refractivity contribution in [3.05, 3.63) is 95.4 Å². The van der Waals surface area contributed by atoms with Crippen molar-refractivity contribution in [1.29, 1.82) is 0 Å². The molecule has 6 rings (SSSR count). The van der Waals surface area contributed by atoms with E-state index in [9.17, 15) is 4.79 Å². The zero-order valence-electron chi connectivity index (χ0n) is 18.5. The van der Waals surface area contributed by atoms with E-state index in [0.717, 1.165) is 39.4 Å². The van der Waals surface area contributed by atoms with Crippen LogP contribution < -0.4 is 10.3 Å². The van der Waals surface area contributed by atoms with E-state index in [1.807, 2.05) is 73.8 Å². The summed E-state index contributed by atoms with van der Waals surface area (Å²) < 4.78 is 10.2. The quantitative estimate of drug-likeness (QED) is 0.408. The normalized spacial score (nSPS) is 11.4. The second-order valence-corrected chi connectivity index (χ2v) is 7.83. The number of hydrogen-bond donors (Lipinski definition) is 0. The first-order valence-corrected chi connectivity index (χ1v) is 10.6. The lowest BCUT2D eigenvalue weighted by Crippen LogP contribution is -2.17. The van der Waals surface area contributed by atoms with Crippen LogP contribution in [0.1, 0.15) is 5.69 Å². The van der Waals surface area contributed by atoms with Crippen LogP contribution in [0.5, 0.6) is 5.75 Å². The molecule has 166 valence electrons. The van der Waals surface area contributed by atoms with Gasteiger partial charge in [0.05, 0.1) is 12.8 Å². The van der Waals surface area contributed by atoms with Gasteiger partial charge in [-0.15, -0.1) is 0 Å². The van der Waals surface area contributed by atoms with Crippen LogP contribution in [0.15, 0.2) is 84.2 Å². The molecule has 0 aliphatic carbocycles. The molecule has 0 saturated heterocycles. The molecular weight excluding hydrogens is 430 g/mol. The fourth-order valence-electron chi connectivity index (χ4n) is 4.07. The van der Waals surface area contributed by atoms with Gasteiger partial charge in [0.15, 0.2) is 17.0 Å². The van der Waals surface area contributed by atoms with Crippen LogP contribution in [0.25, 0.3) is 39.3 Å². The van der Waals surface area contributed by atoms with E-state index in [0.29, 0.717) is 11.3 Å². The third-order valence-corrected chi connectivity index (χ3v) is 5.72. The molecule has 0 fully saturated rings. The number of pyridine rings is 3. The highest BCUT2D eigenvalue weighted by Gasteiger charge is 2.20. The zero-order chi connectivity index (χ0) is 23.2. The average Bonchev–Trinajstić information content (AvgIpc) is 3.49. The molecule has 5 aromatic heterocycles. The van der Waals surface area contributed by atoms with Gasteiger partial charge in [0.1, 0.15) is 12.1 Å². The molecule has 34 heavy (non-hydrogen) atoms. The molecule has 0 saturated carbocycles. The number of ether oxygens (including phenoxy) is 1. The van der Waals surface area contributed by atoms with Crippen molar-refractivity contribution in [2.45, 2.75) is 6.92 Å². The Balaban J connectivity index is 1.63. The van der Waals surface area contributed by atoms with Crippen LogP contribution in [0.2, 0.25) is 0 Å². The number of hydrogen-bond acceptors (Lipinski definition) is 6. The van der Waals surface area contributed by atoms with Crippen LogP contribution in [0.4, 0.5) is 0 Å². The highest BCUT2D eigenvalue weighted by molar-refractivity contribution is 5.93. The Bertz CT molecular complexity index is 1730. The summed E-state index contributed by atoms with van der Waals surface area (Å²) in [7, 11) is 1.61. The predicted octanol–water partition coefficient (Wildman–Crippen LogP) is 3.60. The average molecular weight is 449 g/mol. The Kier molecular flexibility index (Phi) is 4.48. The third kappa shape index (κ3) is 3.14. The van der Waals surface area contributed by atoms with E-state index in [1.165, 1.54) is 6.33 Å². The van der Waals surface area contributed by atoms with Gasteiger partial charge in [0.2, 0.25) is 0 Å². The Labute approximate surface area is 193 Å². The third-order valence-electron chi connectivity index (χ3n) is 5.72. The van der Waals surface area contributed by atoms with Gasteiger partial charge in [-0.2, -0.15) is 10.2 Å².